The van der Waals surface area contributed by atoms with Gasteiger partial charge in [0, 0.05) is 12.6 Å². The molecule has 2 nitrogen and oxygen atoms in total. The molecule has 0 aliphatic carbocycles. The van der Waals surface area contributed by atoms with E-state index in [2.05, 4.69) is 5.10 Å². The van der Waals surface area contributed by atoms with Crippen molar-refractivity contribution < 1.29 is 8.78 Å². The van der Waals surface area contributed by atoms with Crippen LogP contribution in [0.3, 0.4) is 0 Å². The number of aromatic nitrogens is 2. The van der Waals surface area contributed by atoms with E-state index in [1.165, 1.54) is 10.7 Å². The lowest BCUT2D eigenvalue weighted by atomic mass is 10.2. The Labute approximate surface area is 80.5 Å². The van der Waals surface area contributed by atoms with Gasteiger partial charge in [0.1, 0.15) is 10.8 Å². The molecular weight excluding hydrogens is 198 g/mol. The average Bonchev–Trinajstić information content (AvgIpc) is 2.31. The summed E-state index contributed by atoms with van der Waals surface area (Å²) in [5, 5.41) is 3.95. The zero-order valence-electron chi connectivity index (χ0n) is 7.47. The highest BCUT2D eigenvalue weighted by Crippen LogP contribution is 2.21. The van der Waals surface area contributed by atoms with E-state index >= 15 is 0 Å². The summed E-state index contributed by atoms with van der Waals surface area (Å²) in [6.07, 6.45) is -2.55. The second-order valence-electron chi connectivity index (χ2n) is 3.27. The Bertz CT molecular complexity index is 284. The summed E-state index contributed by atoms with van der Waals surface area (Å²) in [4.78, 5) is 0. The van der Waals surface area contributed by atoms with E-state index in [-0.39, 0.29) is 10.8 Å². The lowest BCUT2D eigenvalue weighted by molar-refractivity contribution is 0.144. The number of hydrogen-bond acceptors (Lipinski definition) is 1. The van der Waals surface area contributed by atoms with Crippen LogP contribution in [-0.4, -0.2) is 9.78 Å². The highest BCUT2D eigenvalue weighted by atomic mass is 35.5. The van der Waals surface area contributed by atoms with Gasteiger partial charge in [-0.3, -0.25) is 4.68 Å². The fourth-order valence-corrected chi connectivity index (χ4v) is 1.21. The fourth-order valence-electron chi connectivity index (χ4n) is 0.993. The molecule has 0 saturated heterocycles. The molecule has 13 heavy (non-hydrogen) atoms. The molecule has 1 aromatic rings. The number of rotatable bonds is 3. The van der Waals surface area contributed by atoms with Gasteiger partial charge in [0.05, 0.1) is 0 Å². The van der Waals surface area contributed by atoms with Crippen molar-refractivity contribution in [1.82, 2.24) is 9.78 Å². The Morgan fingerprint density at radius 1 is 1.54 bits per heavy atom. The lowest BCUT2D eigenvalue weighted by Gasteiger charge is -2.05. The number of hydrogen-bond donors (Lipinski definition) is 0. The highest BCUT2D eigenvalue weighted by Gasteiger charge is 2.14. The van der Waals surface area contributed by atoms with Crippen LogP contribution in [0.2, 0.25) is 5.15 Å². The van der Waals surface area contributed by atoms with E-state index in [0.29, 0.717) is 12.5 Å². The second kappa shape index (κ2) is 4.05. The third-order valence-electron chi connectivity index (χ3n) is 1.51. The quantitative estimate of drug-likeness (QED) is 0.746. The van der Waals surface area contributed by atoms with Gasteiger partial charge in [-0.25, -0.2) is 8.78 Å². The first-order chi connectivity index (χ1) is 6.00. The summed E-state index contributed by atoms with van der Waals surface area (Å²) in [5.41, 5.74) is -0.259. The van der Waals surface area contributed by atoms with Gasteiger partial charge in [0.2, 0.25) is 0 Å². The van der Waals surface area contributed by atoms with E-state index < -0.39 is 6.43 Å². The number of alkyl halides is 2. The van der Waals surface area contributed by atoms with Crippen LogP contribution in [0.1, 0.15) is 26.0 Å². The topological polar surface area (TPSA) is 17.8 Å². The van der Waals surface area contributed by atoms with E-state index in [1.54, 1.807) is 0 Å². The molecule has 0 atom stereocenters. The van der Waals surface area contributed by atoms with Crippen molar-refractivity contribution in [3.05, 3.63) is 16.9 Å². The Morgan fingerprint density at radius 2 is 2.15 bits per heavy atom. The average molecular weight is 209 g/mol. The van der Waals surface area contributed by atoms with Crippen molar-refractivity contribution >= 4 is 11.6 Å². The fraction of sp³-hybridized carbons (Fsp3) is 0.625. The zero-order chi connectivity index (χ0) is 10.0. The molecule has 0 N–H and O–H groups in total. The van der Waals surface area contributed by atoms with Crippen molar-refractivity contribution in [3.63, 3.8) is 0 Å². The smallest absolute Gasteiger partial charge is 0.253 e. The Hall–Kier alpha value is -0.640. The first-order valence-corrected chi connectivity index (χ1v) is 4.40. The van der Waals surface area contributed by atoms with Crippen LogP contribution in [0.25, 0.3) is 0 Å². The summed E-state index contributed by atoms with van der Waals surface area (Å²) >= 11 is 5.70. The Balaban J connectivity index is 2.83. The van der Waals surface area contributed by atoms with Gasteiger partial charge in [-0.05, 0) is 5.92 Å². The first kappa shape index (κ1) is 10.4. The van der Waals surface area contributed by atoms with Crippen LogP contribution >= 0.6 is 11.6 Å². The monoisotopic (exact) mass is 208 g/mol. The molecule has 1 rings (SSSR count). The molecule has 0 saturated carbocycles. The van der Waals surface area contributed by atoms with Crippen LogP contribution in [0.15, 0.2) is 6.07 Å². The van der Waals surface area contributed by atoms with Gasteiger partial charge in [-0.1, -0.05) is 25.4 Å². The molecule has 0 fully saturated rings. The van der Waals surface area contributed by atoms with Gasteiger partial charge in [-0.2, -0.15) is 5.10 Å². The normalized spacial score (nSPS) is 11.6. The maximum atomic E-state index is 12.2. The van der Waals surface area contributed by atoms with Crippen LogP contribution < -0.4 is 0 Å². The minimum absolute atomic E-state index is 0.259. The molecule has 1 aromatic heterocycles. The predicted octanol–water partition coefficient (Wildman–Crippen LogP) is 3.13. The summed E-state index contributed by atoms with van der Waals surface area (Å²) in [6.45, 7) is 4.51. The van der Waals surface area contributed by atoms with Crippen LogP contribution in [-0.2, 0) is 6.54 Å². The molecule has 0 aromatic carbocycles. The van der Waals surface area contributed by atoms with Crippen molar-refractivity contribution in [1.29, 1.82) is 0 Å². The molecule has 0 aliphatic rings. The molecule has 5 heteroatoms. The third-order valence-corrected chi connectivity index (χ3v) is 1.82. The van der Waals surface area contributed by atoms with Crippen molar-refractivity contribution in [2.45, 2.75) is 26.8 Å². The zero-order valence-corrected chi connectivity index (χ0v) is 8.22. The lowest BCUT2D eigenvalue weighted by Crippen LogP contribution is -2.06. The minimum Gasteiger partial charge on any atom is -0.253 e. The van der Waals surface area contributed by atoms with E-state index in [0.717, 1.165) is 0 Å². The highest BCUT2D eigenvalue weighted by molar-refractivity contribution is 6.29. The molecule has 0 radical (unpaired) electrons. The van der Waals surface area contributed by atoms with E-state index in [9.17, 15) is 8.78 Å². The van der Waals surface area contributed by atoms with Gasteiger partial charge in [-0.15, -0.1) is 0 Å². The van der Waals surface area contributed by atoms with Crippen molar-refractivity contribution in [2.75, 3.05) is 0 Å². The summed E-state index contributed by atoms with van der Waals surface area (Å²) in [5.74, 6) is 0.336. The second-order valence-corrected chi connectivity index (χ2v) is 3.66. The van der Waals surface area contributed by atoms with Gasteiger partial charge in [0.15, 0.2) is 0 Å². The molecule has 0 bridgehead atoms. The Morgan fingerprint density at radius 3 is 2.54 bits per heavy atom. The van der Waals surface area contributed by atoms with Gasteiger partial charge >= 0.3 is 0 Å². The predicted molar refractivity (Wildman–Crippen MR) is 47.0 cm³/mol. The Kier molecular flexibility index (Phi) is 3.25. The largest absolute Gasteiger partial charge is 0.282 e. The molecule has 74 valence electrons. The molecule has 0 unspecified atom stereocenters. The maximum Gasteiger partial charge on any atom is 0.282 e. The van der Waals surface area contributed by atoms with Crippen molar-refractivity contribution in [2.24, 2.45) is 5.92 Å². The number of nitrogens with zero attached hydrogens (tertiary/aromatic N) is 2. The van der Waals surface area contributed by atoms with Crippen LogP contribution in [0.5, 0.6) is 0 Å². The van der Waals surface area contributed by atoms with E-state index in [4.69, 9.17) is 11.6 Å². The molecule has 0 spiro atoms. The van der Waals surface area contributed by atoms with Gasteiger partial charge < -0.3 is 0 Å². The first-order valence-electron chi connectivity index (χ1n) is 4.02. The molecule has 0 aliphatic heterocycles. The van der Waals surface area contributed by atoms with Crippen LogP contribution in [0, 0.1) is 5.92 Å². The van der Waals surface area contributed by atoms with E-state index in [1.807, 2.05) is 13.8 Å². The van der Waals surface area contributed by atoms with Gasteiger partial charge in [0.25, 0.3) is 6.43 Å². The summed E-state index contributed by atoms with van der Waals surface area (Å²) < 4.78 is 25.7. The molecular formula is C8H11ClF2N2. The molecule has 1 heterocycles. The van der Waals surface area contributed by atoms with Crippen molar-refractivity contribution in [3.8, 4) is 0 Å². The number of halogens is 3. The maximum absolute atomic E-state index is 12.2. The third kappa shape index (κ3) is 2.66. The SMILES string of the molecule is CC(C)Cn1nc(C(F)F)cc1Cl. The van der Waals surface area contributed by atoms with Crippen LogP contribution in [0.4, 0.5) is 8.78 Å². The summed E-state index contributed by atoms with van der Waals surface area (Å²) in [6, 6.07) is 1.20. The molecule has 0 amide bonds. The standard InChI is InChI=1S/C8H11ClF2N2/c1-5(2)4-13-7(9)3-6(12-13)8(10)11/h3,5,8H,4H2,1-2H3. The summed E-state index contributed by atoms with van der Waals surface area (Å²) in [7, 11) is 0. The minimum atomic E-state index is -2.55.